The molecule has 90 valence electrons. The quantitative estimate of drug-likeness (QED) is 0.583. The van der Waals surface area contributed by atoms with Gasteiger partial charge in [0.25, 0.3) is 0 Å². The smallest absolute Gasteiger partial charge is 0.317 e. The molecule has 0 bridgehead atoms. The average molecular weight is 261 g/mol. The molecular formula is C13H9ClN2O2. The minimum Gasteiger partial charge on any atom is -0.468 e. The first-order valence-electron chi connectivity index (χ1n) is 5.17. The second kappa shape index (κ2) is 5.48. The number of hydrogen-bond acceptors (Lipinski definition) is 4. The molecule has 0 radical (unpaired) electrons. The highest BCUT2D eigenvalue weighted by Crippen LogP contribution is 2.13. The predicted molar refractivity (Wildman–Crippen MR) is 68.1 cm³/mol. The standard InChI is InChI=1S/C13H9ClN2O2/c1-18-13(17)4-2-3-9-5-6-10-11(7-9)16-12(14)8-15-10/h5-8H,4H2,1H3. The molecule has 0 aliphatic heterocycles. The van der Waals surface area contributed by atoms with Crippen molar-refractivity contribution in [2.24, 2.45) is 0 Å². The zero-order chi connectivity index (χ0) is 13.0. The van der Waals surface area contributed by atoms with Crippen molar-refractivity contribution in [2.45, 2.75) is 6.42 Å². The molecule has 18 heavy (non-hydrogen) atoms. The number of halogens is 1. The second-order valence-electron chi connectivity index (χ2n) is 3.45. The predicted octanol–water partition coefficient (Wildman–Crippen LogP) is 2.20. The van der Waals surface area contributed by atoms with Crippen LogP contribution < -0.4 is 0 Å². The number of carbonyl (C=O) groups excluding carboxylic acids is 1. The number of aromatic nitrogens is 2. The molecule has 0 aliphatic carbocycles. The summed E-state index contributed by atoms with van der Waals surface area (Å²) in [5, 5.41) is 0.335. The van der Waals surface area contributed by atoms with Crippen molar-refractivity contribution in [3.8, 4) is 11.8 Å². The summed E-state index contributed by atoms with van der Waals surface area (Å²) in [7, 11) is 1.33. The van der Waals surface area contributed by atoms with E-state index in [-0.39, 0.29) is 12.4 Å². The number of esters is 1. The van der Waals surface area contributed by atoms with Crippen molar-refractivity contribution in [1.29, 1.82) is 0 Å². The van der Waals surface area contributed by atoms with E-state index in [4.69, 9.17) is 11.6 Å². The Bertz CT molecular complexity index is 659. The molecule has 0 amide bonds. The summed E-state index contributed by atoms with van der Waals surface area (Å²) in [5.74, 6) is 5.23. The van der Waals surface area contributed by atoms with Crippen molar-refractivity contribution in [3.05, 3.63) is 35.1 Å². The van der Waals surface area contributed by atoms with Crippen LogP contribution in [-0.2, 0) is 9.53 Å². The van der Waals surface area contributed by atoms with Crippen LogP contribution in [0, 0.1) is 11.8 Å². The summed E-state index contributed by atoms with van der Waals surface area (Å²) in [4.78, 5) is 19.2. The Morgan fingerprint density at radius 2 is 2.28 bits per heavy atom. The lowest BCUT2D eigenvalue weighted by Gasteiger charge is -1.97. The highest BCUT2D eigenvalue weighted by molar-refractivity contribution is 6.29. The van der Waals surface area contributed by atoms with Crippen LogP contribution in [-0.4, -0.2) is 23.0 Å². The Labute approximate surface area is 109 Å². The van der Waals surface area contributed by atoms with Gasteiger partial charge in [0.15, 0.2) is 0 Å². The Morgan fingerprint density at radius 1 is 1.44 bits per heavy atom. The number of carbonyl (C=O) groups is 1. The molecule has 0 atom stereocenters. The number of benzene rings is 1. The summed E-state index contributed by atoms with van der Waals surface area (Å²) < 4.78 is 4.49. The van der Waals surface area contributed by atoms with Gasteiger partial charge in [-0.15, -0.1) is 0 Å². The average Bonchev–Trinajstić information content (AvgIpc) is 2.38. The largest absolute Gasteiger partial charge is 0.468 e. The fourth-order valence-corrected chi connectivity index (χ4v) is 1.50. The third-order valence-electron chi connectivity index (χ3n) is 2.21. The number of fused-ring (bicyclic) bond motifs is 1. The molecule has 2 aromatic rings. The van der Waals surface area contributed by atoms with E-state index < -0.39 is 0 Å². The molecule has 2 rings (SSSR count). The zero-order valence-electron chi connectivity index (χ0n) is 9.61. The molecule has 0 spiro atoms. The van der Waals surface area contributed by atoms with Gasteiger partial charge >= 0.3 is 5.97 Å². The highest BCUT2D eigenvalue weighted by Gasteiger charge is 1.99. The third-order valence-corrected chi connectivity index (χ3v) is 2.39. The van der Waals surface area contributed by atoms with Gasteiger partial charge in [-0.25, -0.2) is 4.98 Å². The van der Waals surface area contributed by atoms with Crippen molar-refractivity contribution < 1.29 is 9.53 Å². The van der Waals surface area contributed by atoms with Gasteiger partial charge in [-0.3, -0.25) is 9.78 Å². The Kier molecular flexibility index (Phi) is 3.75. The van der Waals surface area contributed by atoms with Gasteiger partial charge in [-0.1, -0.05) is 23.4 Å². The second-order valence-corrected chi connectivity index (χ2v) is 3.84. The van der Waals surface area contributed by atoms with Gasteiger partial charge in [0.05, 0.1) is 24.3 Å². The van der Waals surface area contributed by atoms with E-state index in [9.17, 15) is 4.79 Å². The highest BCUT2D eigenvalue weighted by atomic mass is 35.5. The molecule has 0 aliphatic rings. The van der Waals surface area contributed by atoms with Crippen LogP contribution in [0.1, 0.15) is 12.0 Å². The van der Waals surface area contributed by atoms with E-state index >= 15 is 0 Å². The normalized spacial score (nSPS) is 9.67. The topological polar surface area (TPSA) is 52.1 Å². The maximum Gasteiger partial charge on any atom is 0.317 e. The van der Waals surface area contributed by atoms with Gasteiger partial charge in [0, 0.05) is 5.56 Å². The van der Waals surface area contributed by atoms with Crippen molar-refractivity contribution >= 4 is 28.6 Å². The van der Waals surface area contributed by atoms with E-state index in [2.05, 4.69) is 26.5 Å². The maximum atomic E-state index is 10.9. The van der Waals surface area contributed by atoms with E-state index in [1.807, 2.05) is 6.07 Å². The summed E-state index contributed by atoms with van der Waals surface area (Å²) in [6, 6.07) is 5.40. The number of nitrogens with zero attached hydrogens (tertiary/aromatic N) is 2. The van der Waals surface area contributed by atoms with Crippen LogP contribution in [0.15, 0.2) is 24.4 Å². The van der Waals surface area contributed by atoms with Gasteiger partial charge in [-0.05, 0) is 18.2 Å². The van der Waals surface area contributed by atoms with E-state index in [1.54, 1.807) is 12.1 Å². The van der Waals surface area contributed by atoms with Gasteiger partial charge in [0.1, 0.15) is 11.6 Å². The molecule has 1 heterocycles. The van der Waals surface area contributed by atoms with Crippen molar-refractivity contribution in [3.63, 3.8) is 0 Å². The molecular weight excluding hydrogens is 252 g/mol. The molecule has 4 nitrogen and oxygen atoms in total. The Morgan fingerprint density at radius 3 is 3.06 bits per heavy atom. The van der Waals surface area contributed by atoms with Gasteiger partial charge < -0.3 is 4.74 Å². The monoisotopic (exact) mass is 260 g/mol. The molecule has 0 fully saturated rings. The zero-order valence-corrected chi connectivity index (χ0v) is 10.4. The van der Waals surface area contributed by atoms with Crippen molar-refractivity contribution in [2.75, 3.05) is 7.11 Å². The summed E-state index contributed by atoms with van der Waals surface area (Å²) >= 11 is 5.76. The van der Waals surface area contributed by atoms with Crippen molar-refractivity contribution in [1.82, 2.24) is 9.97 Å². The fourth-order valence-electron chi connectivity index (χ4n) is 1.36. The van der Waals surface area contributed by atoms with Crippen LogP contribution in [0.3, 0.4) is 0 Å². The molecule has 5 heteroatoms. The van der Waals surface area contributed by atoms with Crippen LogP contribution in [0.5, 0.6) is 0 Å². The molecule has 1 aromatic heterocycles. The lowest BCUT2D eigenvalue weighted by Crippen LogP contribution is -1.97. The van der Waals surface area contributed by atoms with Crippen LogP contribution >= 0.6 is 11.6 Å². The first-order valence-corrected chi connectivity index (χ1v) is 5.55. The lowest BCUT2D eigenvalue weighted by atomic mass is 10.2. The van der Waals surface area contributed by atoms with Gasteiger partial charge in [-0.2, -0.15) is 0 Å². The minimum atomic E-state index is -0.355. The van der Waals surface area contributed by atoms with E-state index in [1.165, 1.54) is 13.3 Å². The number of methoxy groups -OCH3 is 1. The first-order chi connectivity index (χ1) is 8.69. The minimum absolute atomic E-state index is 0.0652. The molecule has 0 unspecified atom stereocenters. The van der Waals surface area contributed by atoms with Gasteiger partial charge in [0.2, 0.25) is 0 Å². The molecule has 0 saturated carbocycles. The Hall–Kier alpha value is -2.12. The lowest BCUT2D eigenvalue weighted by molar-refractivity contribution is -0.139. The number of rotatable bonds is 1. The first kappa shape index (κ1) is 12.3. The van der Waals surface area contributed by atoms with Crippen LogP contribution in [0.2, 0.25) is 5.15 Å². The molecule has 0 N–H and O–H groups in total. The third kappa shape index (κ3) is 2.96. The summed E-state index contributed by atoms with van der Waals surface area (Å²) in [5.41, 5.74) is 2.17. The van der Waals surface area contributed by atoms with E-state index in [0.717, 1.165) is 11.1 Å². The SMILES string of the molecule is COC(=O)CC#Cc1ccc2ncc(Cl)nc2c1. The number of hydrogen-bond donors (Lipinski definition) is 0. The van der Waals surface area contributed by atoms with Crippen LogP contribution in [0.4, 0.5) is 0 Å². The molecule has 1 aromatic carbocycles. The Balaban J connectivity index is 2.27. The van der Waals surface area contributed by atoms with Crippen LogP contribution in [0.25, 0.3) is 11.0 Å². The number of ether oxygens (including phenoxy) is 1. The maximum absolute atomic E-state index is 10.9. The summed E-state index contributed by atoms with van der Waals surface area (Å²) in [6.45, 7) is 0. The van der Waals surface area contributed by atoms with E-state index in [0.29, 0.717) is 10.7 Å². The fraction of sp³-hybridized carbons (Fsp3) is 0.154. The molecule has 0 saturated heterocycles. The summed E-state index contributed by atoms with van der Waals surface area (Å²) in [6.07, 6.45) is 1.56.